The number of carbonyl (C=O) groups is 2. The highest BCUT2D eigenvalue weighted by atomic mass is 32.2. The second-order valence-electron chi connectivity index (χ2n) is 8.07. The van der Waals surface area contributed by atoms with E-state index in [1.54, 1.807) is 25.9 Å². The maximum absolute atomic E-state index is 13.0. The number of imide groups is 1. The van der Waals surface area contributed by atoms with Crippen molar-refractivity contribution in [3.8, 4) is 0 Å². The predicted molar refractivity (Wildman–Crippen MR) is 127 cm³/mol. The number of amidine groups is 2. The van der Waals surface area contributed by atoms with Crippen LogP contribution in [0.5, 0.6) is 0 Å². The van der Waals surface area contributed by atoms with Crippen molar-refractivity contribution in [2.75, 3.05) is 20.6 Å². The molecule has 6 nitrogen and oxygen atoms in total. The Morgan fingerprint density at radius 2 is 1.77 bits per heavy atom. The monoisotopic (exact) mass is 437 g/mol. The van der Waals surface area contributed by atoms with Crippen LogP contribution in [0.15, 0.2) is 47.5 Å². The van der Waals surface area contributed by atoms with Gasteiger partial charge < -0.3 is 0 Å². The van der Waals surface area contributed by atoms with Gasteiger partial charge in [-0.05, 0) is 45.9 Å². The Labute approximate surface area is 187 Å². The van der Waals surface area contributed by atoms with Crippen LogP contribution < -0.4 is 0 Å². The van der Waals surface area contributed by atoms with E-state index in [2.05, 4.69) is 54.0 Å². The Bertz CT molecular complexity index is 1070. The van der Waals surface area contributed by atoms with Gasteiger partial charge in [0.2, 0.25) is 0 Å². The number of nitrogens with zero attached hydrogens (tertiary/aromatic N) is 4. The molecule has 162 valence electrons. The van der Waals surface area contributed by atoms with E-state index in [-0.39, 0.29) is 11.9 Å². The number of likely N-dealkylation sites (N-methyl/N-ethyl adjacent to an activating group) is 2. The first-order valence-corrected chi connectivity index (χ1v) is 11.9. The van der Waals surface area contributed by atoms with E-state index in [4.69, 9.17) is 4.99 Å². The molecule has 0 radical (unpaired) electrons. The van der Waals surface area contributed by atoms with Crippen molar-refractivity contribution in [3.63, 3.8) is 0 Å². The molecule has 2 aliphatic rings. The molecular formula is C24H29N4O2S+. The van der Waals surface area contributed by atoms with Crippen molar-refractivity contribution in [2.45, 2.75) is 44.4 Å². The fourth-order valence-electron chi connectivity index (χ4n) is 4.19. The zero-order valence-corrected chi connectivity index (χ0v) is 19.2. The van der Waals surface area contributed by atoms with Crippen LogP contribution in [0, 0.1) is 0 Å². The van der Waals surface area contributed by atoms with Crippen molar-refractivity contribution >= 4 is 45.5 Å². The van der Waals surface area contributed by atoms with Crippen molar-refractivity contribution in [2.24, 2.45) is 4.99 Å². The van der Waals surface area contributed by atoms with Gasteiger partial charge in [0.15, 0.2) is 0 Å². The molecule has 0 saturated carbocycles. The molecule has 2 heterocycles. The summed E-state index contributed by atoms with van der Waals surface area (Å²) in [5.41, 5.74) is 1.24. The standard InChI is InChI=1S/C24H29N4O2S/c1-4-5-6-9-15-28-20-21(26(2)24(30)27(3)22(20)29)25-23(28)31-16-18-13-10-12-17-11-7-8-14-19(17)18/h7-8,10-14,20H,4-6,9,15-16H2,1-3H3/q+1. The van der Waals surface area contributed by atoms with Gasteiger partial charge in [0.25, 0.3) is 17.8 Å². The normalized spacial score (nSPS) is 18.8. The number of carbonyl (C=O) groups excluding carboxylic acids is 2. The van der Waals surface area contributed by atoms with Crippen molar-refractivity contribution in [1.29, 1.82) is 0 Å². The van der Waals surface area contributed by atoms with E-state index < -0.39 is 6.04 Å². The van der Waals surface area contributed by atoms with E-state index in [0.29, 0.717) is 5.84 Å². The topological polar surface area (TPSA) is 56.0 Å². The summed E-state index contributed by atoms with van der Waals surface area (Å²) < 4.78 is 2.10. The van der Waals surface area contributed by atoms with Gasteiger partial charge in [0.1, 0.15) is 0 Å². The van der Waals surface area contributed by atoms with Crippen molar-refractivity contribution < 1.29 is 14.2 Å². The maximum atomic E-state index is 13.0. The molecule has 0 spiro atoms. The summed E-state index contributed by atoms with van der Waals surface area (Å²) in [5, 5.41) is 3.28. The Balaban J connectivity index is 1.63. The summed E-state index contributed by atoms with van der Waals surface area (Å²) in [6, 6.07) is 13.9. The highest BCUT2D eigenvalue weighted by Crippen LogP contribution is 2.28. The summed E-state index contributed by atoms with van der Waals surface area (Å²) in [5.74, 6) is 1.11. The number of amides is 3. The molecular weight excluding hydrogens is 408 g/mol. The minimum absolute atomic E-state index is 0.196. The number of urea groups is 1. The third kappa shape index (κ3) is 4.11. The maximum Gasteiger partial charge on any atom is 0.358 e. The molecule has 2 aliphatic heterocycles. The van der Waals surface area contributed by atoms with Crippen LogP contribution in [0.25, 0.3) is 10.8 Å². The molecule has 3 amide bonds. The molecule has 1 unspecified atom stereocenters. The van der Waals surface area contributed by atoms with Crippen LogP contribution in [-0.4, -0.2) is 64.0 Å². The average molecular weight is 438 g/mol. The molecule has 2 aromatic carbocycles. The number of unbranched alkanes of at least 4 members (excludes halogenated alkanes) is 3. The number of rotatable bonds is 7. The molecule has 0 bridgehead atoms. The van der Waals surface area contributed by atoms with Gasteiger partial charge >= 0.3 is 11.2 Å². The third-order valence-electron chi connectivity index (χ3n) is 5.98. The zero-order valence-electron chi connectivity index (χ0n) is 18.4. The summed E-state index contributed by atoms with van der Waals surface area (Å²) in [6.07, 6.45) is 4.46. The van der Waals surface area contributed by atoms with Crippen LogP contribution in [0.2, 0.25) is 0 Å². The minimum atomic E-state index is -0.510. The molecule has 31 heavy (non-hydrogen) atoms. The van der Waals surface area contributed by atoms with Gasteiger partial charge in [0, 0.05) is 19.8 Å². The SMILES string of the molecule is CCCCCC[N+]1=C(SCc2cccc3ccccc23)N=C2C1C(=O)N(C)C(=O)N2C. The molecule has 7 heteroatoms. The number of hydrogen-bond donors (Lipinski definition) is 0. The Morgan fingerprint density at radius 3 is 2.58 bits per heavy atom. The number of benzene rings is 2. The lowest BCUT2D eigenvalue weighted by molar-refractivity contribution is -0.533. The largest absolute Gasteiger partial charge is 0.358 e. The number of thioether (sulfide) groups is 1. The molecule has 0 aromatic heterocycles. The Hall–Kier alpha value is -2.67. The summed E-state index contributed by atoms with van der Waals surface area (Å²) >= 11 is 1.64. The third-order valence-corrected chi connectivity index (χ3v) is 7.02. The van der Waals surface area contributed by atoms with Crippen LogP contribution in [0.1, 0.15) is 38.2 Å². The van der Waals surface area contributed by atoms with E-state index in [9.17, 15) is 9.59 Å². The summed E-state index contributed by atoms with van der Waals surface area (Å²) in [6.45, 7) is 2.95. The van der Waals surface area contributed by atoms with Gasteiger partial charge in [-0.3, -0.25) is 14.6 Å². The second kappa shape index (κ2) is 9.22. The van der Waals surface area contributed by atoms with Crippen LogP contribution in [-0.2, 0) is 10.5 Å². The summed E-state index contributed by atoms with van der Waals surface area (Å²) in [7, 11) is 3.25. The van der Waals surface area contributed by atoms with Gasteiger partial charge in [0.05, 0.1) is 6.54 Å². The van der Waals surface area contributed by atoms with Gasteiger partial charge in [-0.25, -0.2) is 9.37 Å². The smallest absolute Gasteiger partial charge is 0.269 e. The highest BCUT2D eigenvalue weighted by Gasteiger charge is 2.52. The first-order chi connectivity index (χ1) is 15.0. The fraction of sp³-hybridized carbons (Fsp3) is 0.417. The van der Waals surface area contributed by atoms with Crippen LogP contribution in [0.4, 0.5) is 4.79 Å². The quantitative estimate of drug-likeness (QED) is 0.479. The van der Waals surface area contributed by atoms with Gasteiger partial charge in [-0.1, -0.05) is 62.2 Å². The lowest BCUT2D eigenvalue weighted by Gasteiger charge is -2.30. The molecule has 2 aromatic rings. The zero-order chi connectivity index (χ0) is 22.0. The minimum Gasteiger partial charge on any atom is -0.269 e. The van der Waals surface area contributed by atoms with Crippen LogP contribution >= 0.6 is 11.8 Å². The van der Waals surface area contributed by atoms with Crippen LogP contribution in [0.3, 0.4) is 0 Å². The van der Waals surface area contributed by atoms with Gasteiger partial charge in [-0.2, -0.15) is 0 Å². The van der Waals surface area contributed by atoms with Gasteiger partial charge in [-0.15, -0.1) is 0 Å². The molecule has 0 aliphatic carbocycles. The first-order valence-electron chi connectivity index (χ1n) is 10.9. The predicted octanol–water partition coefficient (Wildman–Crippen LogP) is 4.33. The molecule has 1 saturated heterocycles. The van der Waals surface area contributed by atoms with E-state index >= 15 is 0 Å². The van der Waals surface area contributed by atoms with E-state index in [0.717, 1.165) is 36.7 Å². The van der Waals surface area contributed by atoms with Crippen molar-refractivity contribution in [3.05, 3.63) is 48.0 Å². The number of aliphatic imine (C=N–C) groups is 1. The molecule has 4 rings (SSSR count). The van der Waals surface area contributed by atoms with Crippen molar-refractivity contribution in [1.82, 2.24) is 9.80 Å². The van der Waals surface area contributed by atoms with E-state index in [1.807, 2.05) is 0 Å². The highest BCUT2D eigenvalue weighted by molar-refractivity contribution is 8.13. The fourth-order valence-corrected chi connectivity index (χ4v) is 5.24. The average Bonchev–Trinajstić information content (AvgIpc) is 3.16. The number of hydrogen-bond acceptors (Lipinski definition) is 4. The van der Waals surface area contributed by atoms with E-state index in [1.165, 1.54) is 32.6 Å². The molecule has 1 atom stereocenters. The second-order valence-corrected chi connectivity index (χ2v) is 9.02. The number of fused-ring (bicyclic) bond motifs is 2. The Morgan fingerprint density at radius 1 is 1.00 bits per heavy atom. The summed E-state index contributed by atoms with van der Waals surface area (Å²) in [4.78, 5) is 32.9. The first kappa shape index (κ1) is 21.6. The lowest BCUT2D eigenvalue weighted by atomic mass is 10.1. The molecule has 1 fully saturated rings. The Kier molecular flexibility index (Phi) is 6.41. The molecule has 0 N–H and O–H groups in total. The lowest BCUT2D eigenvalue weighted by Crippen LogP contribution is -2.61.